The molecule has 2 aromatic carbocycles. The third-order valence-electron chi connectivity index (χ3n) is 9.68. The van der Waals surface area contributed by atoms with Gasteiger partial charge in [-0.3, -0.25) is 4.79 Å². The van der Waals surface area contributed by atoms with E-state index in [1.165, 1.54) is 43.4 Å². The average molecular weight is 625 g/mol. The zero-order chi connectivity index (χ0) is 26.3. The summed E-state index contributed by atoms with van der Waals surface area (Å²) in [6.07, 6.45) is 12.1. The largest absolute Gasteiger partial charge is 0.377 e. The molecule has 1 amide bonds. The molecule has 0 saturated heterocycles. The molecule has 2 aromatic rings. The normalized spacial score (nSPS) is 33.7. The van der Waals surface area contributed by atoms with Gasteiger partial charge >= 0.3 is 0 Å². The van der Waals surface area contributed by atoms with E-state index in [4.69, 9.17) is 4.74 Å². The van der Waals surface area contributed by atoms with E-state index in [1.54, 1.807) is 11.1 Å². The summed E-state index contributed by atoms with van der Waals surface area (Å²) in [5.41, 5.74) is 6.67. The van der Waals surface area contributed by atoms with Gasteiger partial charge in [-0.1, -0.05) is 48.9 Å². The Morgan fingerprint density at radius 3 is 2.87 bits per heavy atom. The maximum absolute atomic E-state index is 13.1. The van der Waals surface area contributed by atoms with Gasteiger partial charge in [0, 0.05) is 41.3 Å². The van der Waals surface area contributed by atoms with Crippen molar-refractivity contribution < 1.29 is 9.53 Å². The summed E-state index contributed by atoms with van der Waals surface area (Å²) in [5, 5.41) is 0. The van der Waals surface area contributed by atoms with Crippen LogP contribution in [-0.4, -0.2) is 36.6 Å². The van der Waals surface area contributed by atoms with Crippen molar-refractivity contribution >= 4 is 32.6 Å². The van der Waals surface area contributed by atoms with Gasteiger partial charge < -0.3 is 9.64 Å². The van der Waals surface area contributed by atoms with Crippen molar-refractivity contribution in [2.24, 2.45) is 26.8 Å². The third-order valence-corrected chi connectivity index (χ3v) is 12.4. The number of halogens is 1. The Morgan fingerprint density at radius 2 is 2.05 bits per heavy atom. The van der Waals surface area contributed by atoms with Gasteiger partial charge in [0.05, 0.1) is 6.10 Å². The van der Waals surface area contributed by atoms with Crippen molar-refractivity contribution in [3.8, 4) is 0 Å². The van der Waals surface area contributed by atoms with Gasteiger partial charge in [0.15, 0.2) is 0 Å². The lowest BCUT2D eigenvalue weighted by molar-refractivity contribution is 0.0133. The topological polar surface area (TPSA) is 41.9 Å². The number of allylic oxidation sites excluding steroid dienone is 1. The van der Waals surface area contributed by atoms with E-state index in [2.05, 4.69) is 70.4 Å². The van der Waals surface area contributed by atoms with Crippen LogP contribution in [0.1, 0.15) is 66.1 Å². The molecule has 0 spiro atoms. The minimum atomic E-state index is -0.491. The van der Waals surface area contributed by atoms with Crippen molar-refractivity contribution in [2.45, 2.75) is 63.9 Å². The highest BCUT2D eigenvalue weighted by atomic mass is 127. The Hall–Kier alpha value is -1.86. The van der Waals surface area contributed by atoms with Crippen molar-refractivity contribution in [1.29, 1.82) is 0 Å². The number of ether oxygens (including phenoxy) is 1. The molecule has 2 fully saturated rings. The van der Waals surface area contributed by atoms with Crippen molar-refractivity contribution in [3.63, 3.8) is 0 Å². The fourth-order valence-electron chi connectivity index (χ4n) is 7.25. The number of methoxy groups -OCH3 is 1. The van der Waals surface area contributed by atoms with Gasteiger partial charge in [-0.05, 0) is 119 Å². The zero-order valence-corrected chi connectivity index (χ0v) is 25.2. The van der Waals surface area contributed by atoms with Gasteiger partial charge in [-0.2, -0.15) is 3.15 Å². The second-order valence-electron chi connectivity index (χ2n) is 12.3. The second kappa shape index (κ2) is 11.0. The highest BCUT2D eigenvalue weighted by molar-refractivity contribution is 14.2. The van der Waals surface area contributed by atoms with E-state index in [-0.39, 0.29) is 17.4 Å². The summed E-state index contributed by atoms with van der Waals surface area (Å²) >= 11 is -0.491. The first-order chi connectivity index (χ1) is 18.5. The Morgan fingerprint density at radius 1 is 1.16 bits per heavy atom. The number of anilines is 1. The molecular formula is C33H41IN2O2. The number of rotatable bonds is 3. The van der Waals surface area contributed by atoms with Crippen molar-refractivity contribution in [3.05, 3.63) is 76.9 Å². The molecule has 1 heterocycles. The molecule has 2 bridgehead atoms. The van der Waals surface area contributed by atoms with Crippen LogP contribution in [0.3, 0.4) is 0 Å². The summed E-state index contributed by atoms with van der Waals surface area (Å²) < 4.78 is 11.6. The molecule has 0 radical (unpaired) electrons. The standard InChI is InChI=1S/C33H41IN2O2/c1-22-10-15-30-24(16-22)11-13-27-18-33(27,30)21-36-20-26-12-14-29(26)31(38-3)9-4-6-23(2)19-34-35-32(37)25-7-5-8-28(36)17-25/h4-5,7-10,15-17,23,26-27,29,31H,6,11-14,18-21H2,1-3H3/b9-4+/t23-,26-,27?,29+,31-,33+/m0/s1. The predicted molar refractivity (Wildman–Crippen MR) is 164 cm³/mol. The molecule has 6 rings (SSSR count). The van der Waals surface area contributed by atoms with Crippen LogP contribution >= 0.6 is 21.0 Å². The SMILES string of the molecule is CO[C@H]1/C=C/C[C@H](C)CI=NC(=O)c2cccc(c2)N(C[C@]23CC2CCc2cc(C)ccc23)C[C@@H]2CC[C@H]21. The van der Waals surface area contributed by atoms with Gasteiger partial charge in [0.1, 0.15) is 0 Å². The van der Waals surface area contributed by atoms with E-state index in [9.17, 15) is 4.79 Å². The van der Waals surface area contributed by atoms with Gasteiger partial charge in [0.2, 0.25) is 0 Å². The molecule has 3 aliphatic carbocycles. The van der Waals surface area contributed by atoms with E-state index in [0.29, 0.717) is 17.8 Å². The lowest BCUT2D eigenvalue weighted by atomic mass is 9.70. The van der Waals surface area contributed by atoms with Crippen molar-refractivity contribution in [1.82, 2.24) is 0 Å². The number of hydrogen-bond donors (Lipinski definition) is 0. The number of hydrogen-bond acceptors (Lipinski definition) is 3. The number of alkyl halides is 1. The lowest BCUT2D eigenvalue weighted by Crippen LogP contribution is -2.46. The number of nitrogens with zero attached hydrogens (tertiary/aromatic N) is 2. The van der Waals surface area contributed by atoms with Gasteiger partial charge in [-0.15, -0.1) is 0 Å². The number of aryl methyl sites for hydroxylation is 2. The third kappa shape index (κ3) is 5.17. The van der Waals surface area contributed by atoms with Crippen LogP contribution in [0.15, 0.2) is 57.8 Å². The molecule has 0 N–H and O–H groups in total. The maximum atomic E-state index is 13.1. The Kier molecular flexibility index (Phi) is 7.60. The second-order valence-corrected chi connectivity index (χ2v) is 14.4. The number of carbonyl (C=O) groups excluding carboxylic acids is 1. The molecule has 1 aliphatic heterocycles. The van der Waals surface area contributed by atoms with Crippen LogP contribution in [0.4, 0.5) is 5.69 Å². The quantitative estimate of drug-likeness (QED) is 0.200. The van der Waals surface area contributed by atoms with Crippen LogP contribution < -0.4 is 4.90 Å². The molecule has 0 aromatic heterocycles. The van der Waals surface area contributed by atoms with Crippen LogP contribution in [0, 0.1) is 30.6 Å². The van der Waals surface area contributed by atoms with E-state index >= 15 is 0 Å². The maximum Gasteiger partial charge on any atom is 0.281 e. The average Bonchev–Trinajstić information content (AvgIpc) is 3.63. The van der Waals surface area contributed by atoms with Crippen molar-refractivity contribution in [2.75, 3.05) is 29.5 Å². The molecule has 2 saturated carbocycles. The minimum absolute atomic E-state index is 0.0312. The summed E-state index contributed by atoms with van der Waals surface area (Å²) in [5.74, 6) is 2.45. The predicted octanol–water partition coefficient (Wildman–Crippen LogP) is 7.64. The Bertz CT molecular complexity index is 1260. The Balaban J connectivity index is 1.35. The van der Waals surface area contributed by atoms with Crippen LogP contribution in [0.5, 0.6) is 0 Å². The first-order valence-electron chi connectivity index (χ1n) is 14.4. The zero-order valence-electron chi connectivity index (χ0n) is 23.0. The van der Waals surface area contributed by atoms with E-state index in [0.717, 1.165) is 35.4 Å². The molecule has 202 valence electrons. The molecule has 6 atom stereocenters. The van der Waals surface area contributed by atoms with E-state index < -0.39 is 21.0 Å². The van der Waals surface area contributed by atoms with Crippen LogP contribution in [-0.2, 0) is 16.6 Å². The summed E-state index contributed by atoms with van der Waals surface area (Å²) in [6.45, 7) is 6.54. The van der Waals surface area contributed by atoms with Gasteiger partial charge in [0.25, 0.3) is 5.91 Å². The first-order valence-corrected chi connectivity index (χ1v) is 16.9. The molecule has 1 unspecified atom stereocenters. The Labute approximate surface area is 238 Å². The van der Waals surface area contributed by atoms with E-state index in [1.807, 2.05) is 13.2 Å². The molecular weight excluding hydrogens is 583 g/mol. The van der Waals surface area contributed by atoms with Crippen LogP contribution in [0.25, 0.3) is 0 Å². The number of benzene rings is 2. The molecule has 4 aliphatic rings. The first kappa shape index (κ1) is 26.4. The molecule has 5 heteroatoms. The highest BCUT2D eigenvalue weighted by Crippen LogP contribution is 2.61. The fourth-order valence-corrected chi connectivity index (χ4v) is 9.06. The smallest absolute Gasteiger partial charge is 0.281 e. The summed E-state index contributed by atoms with van der Waals surface area (Å²) in [4.78, 5) is 15.7. The summed E-state index contributed by atoms with van der Waals surface area (Å²) in [7, 11) is 1.87. The molecule has 4 nitrogen and oxygen atoms in total. The lowest BCUT2D eigenvalue weighted by Gasteiger charge is -2.44. The van der Waals surface area contributed by atoms with Gasteiger partial charge in [-0.25, -0.2) is 0 Å². The fraction of sp³-hybridized carbons (Fsp3) is 0.545. The number of fused-ring (bicyclic) bond motifs is 6. The number of amides is 1. The monoisotopic (exact) mass is 624 g/mol. The summed E-state index contributed by atoms with van der Waals surface area (Å²) in [6, 6.07) is 15.5. The number of carbonyl (C=O) groups is 1. The minimum Gasteiger partial charge on any atom is -0.377 e. The highest BCUT2D eigenvalue weighted by Gasteiger charge is 2.58. The molecule has 38 heavy (non-hydrogen) atoms. The van der Waals surface area contributed by atoms with Crippen LogP contribution in [0.2, 0.25) is 0 Å².